The molecule has 2 unspecified atom stereocenters. The molecule has 0 saturated heterocycles. The SMILES string of the molecule is CCCCOCC1(CP(c2ccccc2)c2ccccc2)[CH2][Ru][c]2cccc(c2)P(c2ccccc2)C1.c1ccc(Pc2ccccc2)cc1. The van der Waals surface area contributed by atoms with Crippen LogP contribution in [0.15, 0.2) is 176 Å². The van der Waals surface area contributed by atoms with E-state index in [1.165, 1.54) is 55.6 Å². The Morgan fingerprint density at radius 2 is 1.16 bits per heavy atom. The first-order chi connectivity index (χ1) is 24.7. The molecule has 0 fully saturated rings. The first-order valence-corrected chi connectivity index (χ1v) is 23.7. The zero-order chi connectivity index (χ0) is 34.3. The van der Waals surface area contributed by atoms with Crippen molar-refractivity contribution < 1.29 is 21.9 Å². The van der Waals surface area contributed by atoms with Crippen LogP contribution in [0.3, 0.4) is 0 Å². The van der Waals surface area contributed by atoms with E-state index in [2.05, 4.69) is 183 Å². The molecule has 6 aromatic carbocycles. The second kappa shape index (κ2) is 19.7. The van der Waals surface area contributed by atoms with Crippen LogP contribution in [0.2, 0.25) is 5.02 Å². The van der Waals surface area contributed by atoms with E-state index in [-0.39, 0.29) is 22.5 Å². The van der Waals surface area contributed by atoms with Crippen molar-refractivity contribution in [3.8, 4) is 0 Å². The molecule has 6 aromatic rings. The fourth-order valence-corrected chi connectivity index (χ4v) is 16.1. The molecule has 7 rings (SSSR count). The van der Waals surface area contributed by atoms with E-state index in [0.717, 1.165) is 28.2 Å². The standard InChI is InChI=1S/C33H36OP2.C12H11P.Ru/c1-3-4-25-34-26-33(2,27-35(29-17-9-5-10-18-29)30-19-11-6-12-20-30)28-36(31-21-13-7-14-22-31)32-23-15-8-16-24-32;1-3-7-11(8-4-1)13-12-9-5-2-6-10-12;/h5-15,17-24H,2-4,25-28H2,1H3;1-10,13H;. The summed E-state index contributed by atoms with van der Waals surface area (Å²) in [6.07, 6.45) is 4.71. The summed E-state index contributed by atoms with van der Waals surface area (Å²) < 4.78 is 8.13. The molecule has 256 valence electrons. The average Bonchev–Trinajstić information content (AvgIpc) is 3.19. The van der Waals surface area contributed by atoms with Crippen LogP contribution in [0.25, 0.3) is 0 Å². The van der Waals surface area contributed by atoms with E-state index in [9.17, 15) is 0 Å². The number of rotatable bonds is 12. The molecule has 0 aliphatic carbocycles. The predicted molar refractivity (Wildman–Crippen MR) is 221 cm³/mol. The van der Waals surface area contributed by atoms with Gasteiger partial charge in [0, 0.05) is 0 Å². The minimum absolute atomic E-state index is 0.142. The summed E-state index contributed by atoms with van der Waals surface area (Å²) in [7, 11) is -0.157. The Morgan fingerprint density at radius 1 is 0.640 bits per heavy atom. The summed E-state index contributed by atoms with van der Waals surface area (Å²) >= 11 is 0.142. The van der Waals surface area contributed by atoms with Gasteiger partial charge in [-0.3, -0.25) is 0 Å². The van der Waals surface area contributed by atoms with Crippen molar-refractivity contribution >= 4 is 60.4 Å². The Balaban J connectivity index is 0.000000278. The average molecular weight is 798 g/mol. The van der Waals surface area contributed by atoms with Gasteiger partial charge in [-0.15, -0.1) is 0 Å². The molecule has 50 heavy (non-hydrogen) atoms. The van der Waals surface area contributed by atoms with Crippen molar-refractivity contribution in [2.45, 2.75) is 24.8 Å². The van der Waals surface area contributed by atoms with Gasteiger partial charge in [0.25, 0.3) is 0 Å². The van der Waals surface area contributed by atoms with Gasteiger partial charge in [-0.2, -0.15) is 0 Å². The minimum Gasteiger partial charge on any atom is -0.0622 e. The fraction of sp³-hybridized carbons (Fsp3) is 0.200. The molecule has 2 bridgehead atoms. The Bertz CT molecular complexity index is 1750. The van der Waals surface area contributed by atoms with Gasteiger partial charge in [-0.1, -0.05) is 69.2 Å². The molecule has 0 radical (unpaired) electrons. The molecule has 0 aromatic heterocycles. The van der Waals surface area contributed by atoms with Crippen LogP contribution in [-0.2, 0) is 21.9 Å². The number of hydrogen-bond donors (Lipinski definition) is 0. The molecule has 1 aliphatic rings. The van der Waals surface area contributed by atoms with Crippen LogP contribution >= 0.6 is 24.4 Å². The van der Waals surface area contributed by atoms with Crippen molar-refractivity contribution in [3.63, 3.8) is 0 Å². The van der Waals surface area contributed by atoms with E-state index in [1.807, 2.05) is 0 Å². The largest absolute Gasteiger partial charge is 0.0622 e. The summed E-state index contributed by atoms with van der Waals surface area (Å²) in [6, 6.07) is 64.5. The smallest absolute Gasteiger partial charge is 0.0226 e. The van der Waals surface area contributed by atoms with Crippen molar-refractivity contribution in [2.24, 2.45) is 5.41 Å². The second-order valence-corrected chi connectivity index (χ2v) is 20.7. The number of fused-ring (bicyclic) bond motifs is 2. The summed E-state index contributed by atoms with van der Waals surface area (Å²) in [6.45, 7) is 4.00. The molecule has 1 heterocycles. The van der Waals surface area contributed by atoms with Gasteiger partial charge >= 0.3 is 234 Å². The van der Waals surface area contributed by atoms with Gasteiger partial charge in [0.15, 0.2) is 0 Å². The first kappa shape index (κ1) is 37.0. The monoisotopic (exact) mass is 798 g/mol. The molecule has 5 heteroatoms. The number of unbranched alkanes of at least 4 members (excludes halogenated alkanes) is 1. The summed E-state index contributed by atoms with van der Waals surface area (Å²) in [5, 5.41) is 10.1. The van der Waals surface area contributed by atoms with Gasteiger partial charge in [-0.25, -0.2) is 0 Å². The number of ether oxygens (including phenoxy) is 1. The quantitative estimate of drug-likeness (QED) is 0.0686. The van der Waals surface area contributed by atoms with Gasteiger partial charge < -0.3 is 0 Å². The van der Waals surface area contributed by atoms with E-state index in [1.54, 1.807) is 4.16 Å². The van der Waals surface area contributed by atoms with Crippen LogP contribution in [0.1, 0.15) is 19.8 Å². The normalized spacial score (nSPS) is 17.0. The molecule has 0 saturated carbocycles. The van der Waals surface area contributed by atoms with Crippen molar-refractivity contribution in [1.29, 1.82) is 0 Å². The molecule has 0 spiro atoms. The Kier molecular flexibility index (Phi) is 14.6. The molecule has 2 atom stereocenters. The molecule has 1 nitrogen and oxygen atoms in total. The van der Waals surface area contributed by atoms with E-state index < -0.39 is 15.8 Å². The van der Waals surface area contributed by atoms with Crippen molar-refractivity contribution in [1.82, 2.24) is 0 Å². The molecule has 1 aliphatic heterocycles. The third-order valence-corrected chi connectivity index (χ3v) is 18.4. The van der Waals surface area contributed by atoms with Crippen LogP contribution < -0.4 is 36.0 Å². The summed E-state index contributed by atoms with van der Waals surface area (Å²) in [4.78, 5) is 0. The van der Waals surface area contributed by atoms with Gasteiger partial charge in [0.2, 0.25) is 0 Å². The number of benzene rings is 6. The maximum absolute atomic E-state index is 6.57. The minimum atomic E-state index is -0.482. The maximum atomic E-state index is 6.57. The van der Waals surface area contributed by atoms with E-state index in [4.69, 9.17) is 4.74 Å². The zero-order valence-electron chi connectivity index (χ0n) is 28.8. The zero-order valence-corrected chi connectivity index (χ0v) is 33.4. The fourth-order valence-electron chi connectivity index (χ4n) is 6.08. The van der Waals surface area contributed by atoms with Gasteiger partial charge in [0.1, 0.15) is 0 Å². The predicted octanol–water partition coefficient (Wildman–Crippen LogP) is 8.51. The van der Waals surface area contributed by atoms with Crippen LogP contribution in [0.4, 0.5) is 0 Å². The summed E-state index contributed by atoms with van der Waals surface area (Å²) in [5.41, 5.74) is 0.161. The third kappa shape index (κ3) is 10.9. The van der Waals surface area contributed by atoms with Gasteiger partial charge in [-0.05, 0) is 10.6 Å². The van der Waals surface area contributed by atoms with Crippen molar-refractivity contribution in [2.75, 3.05) is 25.5 Å². The first-order valence-electron chi connectivity index (χ1n) is 17.5. The molecular formula is C45H47OP3Ru. The Hall–Kier alpha value is -2.81. The van der Waals surface area contributed by atoms with Crippen LogP contribution in [0, 0.1) is 5.41 Å². The van der Waals surface area contributed by atoms with E-state index >= 15 is 0 Å². The van der Waals surface area contributed by atoms with Crippen LogP contribution in [-0.4, -0.2) is 25.5 Å². The molecular weight excluding hydrogens is 750 g/mol. The Morgan fingerprint density at radius 3 is 1.72 bits per heavy atom. The molecule has 0 amide bonds. The number of hydrogen-bond acceptors (Lipinski definition) is 1. The topological polar surface area (TPSA) is 9.23 Å². The van der Waals surface area contributed by atoms with Crippen LogP contribution in [0.5, 0.6) is 0 Å². The third-order valence-electron chi connectivity index (χ3n) is 8.66. The van der Waals surface area contributed by atoms with Crippen molar-refractivity contribution in [3.05, 3.63) is 176 Å². The van der Waals surface area contributed by atoms with Gasteiger partial charge in [0.05, 0.1) is 0 Å². The second-order valence-electron chi connectivity index (χ2n) is 12.7. The summed E-state index contributed by atoms with van der Waals surface area (Å²) in [5.74, 6) is 0. The molecule has 0 N–H and O–H groups in total. The maximum Gasteiger partial charge on any atom is -0.0226 e. The van der Waals surface area contributed by atoms with E-state index in [0.29, 0.717) is 0 Å². The Labute approximate surface area is 312 Å².